The van der Waals surface area contributed by atoms with E-state index in [-0.39, 0.29) is 0 Å². The molecule has 1 fully saturated rings. The van der Waals surface area contributed by atoms with Gasteiger partial charge in [0, 0.05) is 13.8 Å². The molecule has 1 aliphatic heterocycles. The molecule has 0 aromatic rings. The Morgan fingerprint density at radius 2 is 1.23 bits per heavy atom. The molecule has 1 aliphatic rings. The molecule has 7 heteroatoms. The highest BCUT2D eigenvalue weighted by Gasteiger charge is 1.96. The molecule has 1 heterocycles. The first kappa shape index (κ1) is 14.3. The molecule has 0 spiro atoms. The van der Waals surface area contributed by atoms with Crippen molar-refractivity contribution in [2.24, 2.45) is 0 Å². The van der Waals surface area contributed by atoms with Gasteiger partial charge in [-0.05, 0) is 0 Å². The van der Waals surface area contributed by atoms with Crippen LogP contribution in [0.2, 0.25) is 0 Å². The van der Waals surface area contributed by atoms with Crippen molar-refractivity contribution in [3.8, 4) is 0 Å². The van der Waals surface area contributed by atoms with Crippen molar-refractivity contribution in [2.75, 3.05) is 13.2 Å². The Hall–Kier alpha value is -1.18. The molecule has 13 heavy (non-hydrogen) atoms. The van der Waals surface area contributed by atoms with Crippen LogP contribution in [0, 0.1) is 0 Å². The SMILES string of the molecule is C1COOO1.CC(=O)O.CC(=O)O. The quantitative estimate of drug-likeness (QED) is 0.528. The van der Waals surface area contributed by atoms with Crippen molar-refractivity contribution in [2.45, 2.75) is 13.8 Å². The van der Waals surface area contributed by atoms with Crippen LogP contribution in [0.4, 0.5) is 0 Å². The molecular weight excluding hydrogens is 184 g/mol. The molecule has 0 bridgehead atoms. The van der Waals surface area contributed by atoms with Crippen LogP contribution in [0.25, 0.3) is 0 Å². The second-order valence-corrected chi connectivity index (χ2v) is 1.75. The summed E-state index contributed by atoms with van der Waals surface area (Å²) in [5.74, 6) is -1.67. The van der Waals surface area contributed by atoms with Crippen molar-refractivity contribution in [1.29, 1.82) is 0 Å². The minimum atomic E-state index is -0.833. The van der Waals surface area contributed by atoms with E-state index in [0.717, 1.165) is 13.8 Å². The van der Waals surface area contributed by atoms with Crippen LogP contribution in [0.15, 0.2) is 0 Å². The van der Waals surface area contributed by atoms with E-state index in [1.165, 1.54) is 0 Å². The van der Waals surface area contributed by atoms with E-state index < -0.39 is 11.9 Å². The first-order valence-corrected chi connectivity index (χ1v) is 3.27. The maximum Gasteiger partial charge on any atom is 0.300 e. The molecule has 0 amide bonds. The fourth-order valence-corrected chi connectivity index (χ4v) is 0.170. The number of rotatable bonds is 0. The predicted molar refractivity (Wildman–Crippen MR) is 39.6 cm³/mol. The normalized spacial score (nSPS) is 13.1. The van der Waals surface area contributed by atoms with Crippen LogP contribution in [0.1, 0.15) is 13.8 Å². The van der Waals surface area contributed by atoms with E-state index in [0.29, 0.717) is 13.2 Å². The lowest BCUT2D eigenvalue weighted by Gasteiger charge is -1.75. The summed E-state index contributed by atoms with van der Waals surface area (Å²) in [5.41, 5.74) is 0. The molecule has 2 N–H and O–H groups in total. The number of carbonyl (C=O) groups is 2. The highest BCUT2D eigenvalue weighted by atomic mass is 17.5. The molecule has 1 rings (SSSR count). The monoisotopic (exact) mass is 196 g/mol. The van der Waals surface area contributed by atoms with Crippen LogP contribution in [0.3, 0.4) is 0 Å². The van der Waals surface area contributed by atoms with E-state index in [1.807, 2.05) is 0 Å². The second kappa shape index (κ2) is 10.8. The lowest BCUT2D eigenvalue weighted by Crippen LogP contribution is -1.79. The zero-order valence-corrected chi connectivity index (χ0v) is 7.35. The molecule has 0 aromatic heterocycles. The summed E-state index contributed by atoms with van der Waals surface area (Å²) in [5, 5.41) is 18.8. The average Bonchev–Trinajstić information content (AvgIpc) is 2.35. The van der Waals surface area contributed by atoms with Crippen molar-refractivity contribution < 1.29 is 34.6 Å². The largest absolute Gasteiger partial charge is 0.481 e. The maximum absolute atomic E-state index is 9.00. The fraction of sp³-hybridized carbons (Fsp3) is 0.667. The van der Waals surface area contributed by atoms with Gasteiger partial charge in [0.2, 0.25) is 0 Å². The van der Waals surface area contributed by atoms with E-state index in [9.17, 15) is 0 Å². The zero-order valence-electron chi connectivity index (χ0n) is 7.35. The molecule has 0 saturated carbocycles. The van der Waals surface area contributed by atoms with Crippen molar-refractivity contribution in [1.82, 2.24) is 0 Å². The third-order valence-corrected chi connectivity index (χ3v) is 0.346. The minimum Gasteiger partial charge on any atom is -0.481 e. The van der Waals surface area contributed by atoms with Gasteiger partial charge in [0.25, 0.3) is 11.9 Å². The zero-order chi connectivity index (χ0) is 10.7. The molecule has 0 aromatic carbocycles. The van der Waals surface area contributed by atoms with Crippen LogP contribution >= 0.6 is 0 Å². The lowest BCUT2D eigenvalue weighted by molar-refractivity contribution is -0.452. The highest BCUT2D eigenvalue weighted by Crippen LogP contribution is 1.88. The summed E-state index contributed by atoms with van der Waals surface area (Å²) in [6.07, 6.45) is 0. The van der Waals surface area contributed by atoms with Gasteiger partial charge in [-0.1, -0.05) is 5.04 Å². The highest BCUT2D eigenvalue weighted by molar-refractivity contribution is 5.63. The van der Waals surface area contributed by atoms with Gasteiger partial charge in [-0.25, -0.2) is 9.78 Å². The minimum absolute atomic E-state index is 0.556. The Labute approximate surface area is 74.7 Å². The number of aliphatic carboxylic acids is 2. The molecule has 78 valence electrons. The van der Waals surface area contributed by atoms with E-state index >= 15 is 0 Å². The number of carboxylic acids is 2. The molecule has 0 aliphatic carbocycles. The van der Waals surface area contributed by atoms with Crippen LogP contribution < -0.4 is 0 Å². The van der Waals surface area contributed by atoms with Crippen LogP contribution in [-0.4, -0.2) is 35.4 Å². The maximum atomic E-state index is 9.00. The number of hydrogen-bond acceptors (Lipinski definition) is 5. The van der Waals surface area contributed by atoms with Gasteiger partial charge in [0.1, 0.15) is 13.2 Å². The second-order valence-electron chi connectivity index (χ2n) is 1.75. The van der Waals surface area contributed by atoms with Crippen molar-refractivity contribution in [3.63, 3.8) is 0 Å². The number of carboxylic acid groups (broad SMARTS) is 2. The van der Waals surface area contributed by atoms with Crippen molar-refractivity contribution in [3.05, 3.63) is 0 Å². The molecule has 0 unspecified atom stereocenters. The van der Waals surface area contributed by atoms with Gasteiger partial charge in [0.05, 0.1) is 0 Å². The first-order chi connectivity index (χ1) is 5.96. The Morgan fingerprint density at radius 3 is 1.31 bits per heavy atom. The molecular formula is C6H12O7. The topological polar surface area (TPSA) is 102 Å². The van der Waals surface area contributed by atoms with Crippen LogP contribution in [0.5, 0.6) is 0 Å². The number of hydrogen-bond donors (Lipinski definition) is 2. The third kappa shape index (κ3) is 57.7. The molecule has 0 radical (unpaired) electrons. The van der Waals surface area contributed by atoms with Gasteiger partial charge in [-0.15, -0.1) is 0 Å². The summed E-state index contributed by atoms with van der Waals surface area (Å²) in [4.78, 5) is 26.4. The Balaban J connectivity index is 0. The van der Waals surface area contributed by atoms with Gasteiger partial charge < -0.3 is 10.2 Å². The summed E-state index contributed by atoms with van der Waals surface area (Å²) in [6.45, 7) is 3.28. The summed E-state index contributed by atoms with van der Waals surface area (Å²) < 4.78 is 0. The van der Waals surface area contributed by atoms with Crippen molar-refractivity contribution >= 4 is 11.9 Å². The summed E-state index contributed by atoms with van der Waals surface area (Å²) in [7, 11) is 0. The molecule has 7 nitrogen and oxygen atoms in total. The van der Waals surface area contributed by atoms with Gasteiger partial charge in [-0.2, -0.15) is 0 Å². The Bertz CT molecular complexity index is 112. The smallest absolute Gasteiger partial charge is 0.300 e. The third-order valence-electron chi connectivity index (χ3n) is 0.346. The van der Waals surface area contributed by atoms with E-state index in [4.69, 9.17) is 19.8 Å². The first-order valence-electron chi connectivity index (χ1n) is 3.27. The summed E-state index contributed by atoms with van der Waals surface area (Å²) >= 11 is 0. The van der Waals surface area contributed by atoms with Gasteiger partial charge in [0.15, 0.2) is 0 Å². The molecule has 1 saturated heterocycles. The van der Waals surface area contributed by atoms with Crippen LogP contribution in [-0.2, 0) is 24.4 Å². The molecule has 0 atom stereocenters. The Morgan fingerprint density at radius 1 is 1.00 bits per heavy atom. The van der Waals surface area contributed by atoms with Gasteiger partial charge >= 0.3 is 0 Å². The summed E-state index contributed by atoms with van der Waals surface area (Å²) in [6, 6.07) is 0. The predicted octanol–water partition coefficient (Wildman–Crippen LogP) is 0.0616. The standard InChI is InChI=1S/C2H4O3.2C2H4O2/c1-2-4-5-3-1;2*1-2(3)4/h1-2H2;2*1H3,(H,3,4). The average molecular weight is 196 g/mol. The fourth-order valence-electron chi connectivity index (χ4n) is 0.170. The van der Waals surface area contributed by atoms with E-state index in [1.54, 1.807) is 0 Å². The van der Waals surface area contributed by atoms with E-state index in [2.05, 4.69) is 14.8 Å². The lowest BCUT2D eigenvalue weighted by atomic mass is 10.8. The van der Waals surface area contributed by atoms with Gasteiger partial charge in [-0.3, -0.25) is 9.59 Å². The Kier molecular flexibility index (Phi) is 11.9.